The van der Waals surface area contributed by atoms with Crippen LogP contribution in [-0.4, -0.2) is 34.6 Å². The number of hydrogen-bond acceptors (Lipinski definition) is 2. The fourth-order valence-corrected chi connectivity index (χ4v) is 3.12. The minimum absolute atomic E-state index is 0.0242. The Labute approximate surface area is 132 Å². The van der Waals surface area contributed by atoms with Crippen LogP contribution in [0.3, 0.4) is 0 Å². The van der Waals surface area contributed by atoms with Crippen molar-refractivity contribution in [3.63, 3.8) is 0 Å². The third kappa shape index (κ3) is 3.37. The second-order valence-corrected chi connectivity index (χ2v) is 6.24. The molecule has 114 valence electrons. The summed E-state index contributed by atoms with van der Waals surface area (Å²) in [4.78, 5) is 25.1. The summed E-state index contributed by atoms with van der Waals surface area (Å²) in [6.45, 7) is 4.35. The largest absolute Gasteiger partial charge is 0.480 e. The van der Waals surface area contributed by atoms with Crippen molar-refractivity contribution in [2.75, 3.05) is 11.9 Å². The fourth-order valence-electron chi connectivity index (χ4n) is 2.72. The van der Waals surface area contributed by atoms with Crippen LogP contribution in [0.4, 0.5) is 10.5 Å². The number of rotatable bonds is 3. The van der Waals surface area contributed by atoms with E-state index in [2.05, 4.69) is 21.2 Å². The smallest absolute Gasteiger partial charge is 0.326 e. The van der Waals surface area contributed by atoms with Crippen LogP contribution in [0, 0.1) is 5.92 Å². The molecular weight excluding hydrogens is 336 g/mol. The van der Waals surface area contributed by atoms with Crippen LogP contribution in [0.25, 0.3) is 0 Å². The lowest BCUT2D eigenvalue weighted by Gasteiger charge is -2.24. The van der Waals surface area contributed by atoms with Gasteiger partial charge < -0.3 is 15.3 Å². The van der Waals surface area contributed by atoms with E-state index in [0.717, 1.165) is 22.1 Å². The van der Waals surface area contributed by atoms with Gasteiger partial charge in [-0.3, -0.25) is 0 Å². The van der Waals surface area contributed by atoms with Gasteiger partial charge in [0, 0.05) is 16.7 Å². The third-order valence-electron chi connectivity index (χ3n) is 3.90. The number of nitrogens with one attached hydrogen (secondary N) is 1. The average Bonchev–Trinajstić information content (AvgIpc) is 2.82. The molecule has 0 aliphatic carbocycles. The zero-order valence-electron chi connectivity index (χ0n) is 12.1. The maximum absolute atomic E-state index is 12.4. The first-order valence-electron chi connectivity index (χ1n) is 7.03. The normalized spacial score (nSPS) is 21.4. The lowest BCUT2D eigenvalue weighted by atomic mass is 10.0. The topological polar surface area (TPSA) is 69.6 Å². The Kier molecular flexibility index (Phi) is 4.88. The van der Waals surface area contributed by atoms with Crippen molar-refractivity contribution < 1.29 is 14.7 Å². The zero-order valence-corrected chi connectivity index (χ0v) is 13.7. The zero-order chi connectivity index (χ0) is 15.6. The van der Waals surface area contributed by atoms with Crippen molar-refractivity contribution in [1.29, 1.82) is 0 Å². The number of hydrogen-bond donors (Lipinski definition) is 2. The highest BCUT2D eigenvalue weighted by molar-refractivity contribution is 9.10. The summed E-state index contributed by atoms with van der Waals surface area (Å²) < 4.78 is 0.954. The SMILES string of the molecule is CCc1cc(Br)ccc1NC(=O)N1CCC(C)C1C(=O)O. The number of benzene rings is 1. The van der Waals surface area contributed by atoms with Gasteiger partial charge in [-0.1, -0.05) is 29.8 Å². The Morgan fingerprint density at radius 1 is 1.48 bits per heavy atom. The maximum Gasteiger partial charge on any atom is 0.326 e. The number of carboxylic acid groups (broad SMARTS) is 1. The number of carbonyl (C=O) groups is 2. The Morgan fingerprint density at radius 3 is 2.81 bits per heavy atom. The molecule has 6 heteroatoms. The summed E-state index contributed by atoms with van der Waals surface area (Å²) in [5.41, 5.74) is 1.74. The summed E-state index contributed by atoms with van der Waals surface area (Å²) in [5.74, 6) is -0.967. The number of likely N-dealkylation sites (tertiary alicyclic amines) is 1. The Balaban J connectivity index is 2.16. The van der Waals surface area contributed by atoms with Crippen LogP contribution < -0.4 is 5.32 Å². The van der Waals surface area contributed by atoms with Crippen molar-refractivity contribution in [2.45, 2.75) is 32.7 Å². The number of halogens is 1. The summed E-state index contributed by atoms with van der Waals surface area (Å²) in [7, 11) is 0. The van der Waals surface area contributed by atoms with Gasteiger partial charge in [0.05, 0.1) is 0 Å². The molecule has 2 N–H and O–H groups in total. The standard InChI is InChI=1S/C15H19BrN2O3/c1-3-10-8-11(16)4-5-12(10)17-15(21)18-7-6-9(2)13(18)14(19)20/h4-5,8-9,13H,3,6-7H2,1-2H3,(H,17,21)(H,19,20). The molecule has 1 aliphatic rings. The maximum atomic E-state index is 12.4. The highest BCUT2D eigenvalue weighted by atomic mass is 79.9. The van der Waals surface area contributed by atoms with Crippen molar-refractivity contribution in [3.05, 3.63) is 28.2 Å². The van der Waals surface area contributed by atoms with Gasteiger partial charge in [-0.2, -0.15) is 0 Å². The van der Waals surface area contributed by atoms with E-state index in [-0.39, 0.29) is 11.9 Å². The molecule has 5 nitrogen and oxygen atoms in total. The van der Waals surface area contributed by atoms with E-state index in [1.807, 2.05) is 32.0 Å². The minimum atomic E-state index is -0.943. The van der Waals surface area contributed by atoms with E-state index in [1.54, 1.807) is 0 Å². The molecule has 1 fully saturated rings. The molecule has 1 aromatic carbocycles. The van der Waals surface area contributed by atoms with E-state index < -0.39 is 12.0 Å². The van der Waals surface area contributed by atoms with Gasteiger partial charge >= 0.3 is 12.0 Å². The number of amides is 2. The first-order valence-corrected chi connectivity index (χ1v) is 7.82. The van der Waals surface area contributed by atoms with Crippen molar-refractivity contribution in [1.82, 2.24) is 4.90 Å². The van der Waals surface area contributed by atoms with Crippen LogP contribution in [0.5, 0.6) is 0 Å². The van der Waals surface area contributed by atoms with E-state index in [0.29, 0.717) is 13.0 Å². The van der Waals surface area contributed by atoms with Crippen molar-refractivity contribution >= 4 is 33.6 Å². The van der Waals surface area contributed by atoms with Crippen LogP contribution in [0.1, 0.15) is 25.8 Å². The van der Waals surface area contributed by atoms with Gasteiger partial charge in [-0.25, -0.2) is 9.59 Å². The van der Waals surface area contributed by atoms with E-state index in [9.17, 15) is 14.7 Å². The first kappa shape index (κ1) is 15.8. The monoisotopic (exact) mass is 354 g/mol. The quantitative estimate of drug-likeness (QED) is 0.874. The Hall–Kier alpha value is -1.56. The van der Waals surface area contributed by atoms with Crippen LogP contribution in [-0.2, 0) is 11.2 Å². The number of aliphatic carboxylic acids is 1. The summed E-state index contributed by atoms with van der Waals surface area (Å²) >= 11 is 3.41. The van der Waals surface area contributed by atoms with Crippen molar-refractivity contribution in [2.24, 2.45) is 5.92 Å². The lowest BCUT2D eigenvalue weighted by Crippen LogP contribution is -2.44. The van der Waals surface area contributed by atoms with Gasteiger partial charge in [0.2, 0.25) is 0 Å². The number of nitrogens with zero attached hydrogens (tertiary/aromatic N) is 1. The third-order valence-corrected chi connectivity index (χ3v) is 4.40. The summed E-state index contributed by atoms with van der Waals surface area (Å²) in [5, 5.41) is 12.1. The Bertz CT molecular complexity index is 562. The predicted molar refractivity (Wildman–Crippen MR) is 84.4 cm³/mol. The lowest BCUT2D eigenvalue weighted by molar-refractivity contribution is -0.142. The average molecular weight is 355 g/mol. The van der Waals surface area contributed by atoms with Gasteiger partial charge in [0.15, 0.2) is 0 Å². The number of carboxylic acids is 1. The number of anilines is 1. The molecule has 1 heterocycles. The highest BCUT2D eigenvalue weighted by Crippen LogP contribution is 2.26. The van der Waals surface area contributed by atoms with E-state index >= 15 is 0 Å². The van der Waals surface area contributed by atoms with Gasteiger partial charge in [0.25, 0.3) is 0 Å². The molecule has 2 atom stereocenters. The summed E-state index contributed by atoms with van der Waals surface area (Å²) in [6.07, 6.45) is 1.50. The molecule has 1 aromatic rings. The molecule has 0 spiro atoms. The molecule has 2 amide bonds. The van der Waals surface area contributed by atoms with Crippen LogP contribution in [0.15, 0.2) is 22.7 Å². The second kappa shape index (κ2) is 6.47. The molecule has 1 saturated heterocycles. The highest BCUT2D eigenvalue weighted by Gasteiger charge is 2.39. The predicted octanol–water partition coefficient (Wildman–Crippen LogP) is 3.34. The van der Waals surface area contributed by atoms with E-state index in [4.69, 9.17) is 0 Å². The van der Waals surface area contributed by atoms with E-state index in [1.165, 1.54) is 4.90 Å². The minimum Gasteiger partial charge on any atom is -0.480 e. The Morgan fingerprint density at radius 2 is 2.19 bits per heavy atom. The molecule has 2 rings (SSSR count). The first-order chi connectivity index (χ1) is 9.93. The van der Waals surface area contributed by atoms with Gasteiger partial charge in [0.1, 0.15) is 6.04 Å². The van der Waals surface area contributed by atoms with Gasteiger partial charge in [-0.05, 0) is 42.5 Å². The molecular formula is C15H19BrN2O3. The fraction of sp³-hybridized carbons (Fsp3) is 0.467. The molecule has 0 aromatic heterocycles. The van der Waals surface area contributed by atoms with Crippen LogP contribution in [0.2, 0.25) is 0 Å². The summed E-state index contributed by atoms with van der Waals surface area (Å²) in [6, 6.07) is 4.55. The molecule has 2 unspecified atom stereocenters. The van der Waals surface area contributed by atoms with Crippen molar-refractivity contribution in [3.8, 4) is 0 Å². The van der Waals surface area contributed by atoms with Gasteiger partial charge in [-0.15, -0.1) is 0 Å². The number of urea groups is 1. The number of carbonyl (C=O) groups excluding carboxylic acids is 1. The number of aryl methyl sites for hydroxylation is 1. The second-order valence-electron chi connectivity index (χ2n) is 5.33. The molecule has 0 saturated carbocycles. The molecule has 0 bridgehead atoms. The molecule has 1 aliphatic heterocycles. The van der Waals surface area contributed by atoms with Crippen LogP contribution >= 0.6 is 15.9 Å². The molecule has 21 heavy (non-hydrogen) atoms. The molecule has 0 radical (unpaired) electrons.